The van der Waals surface area contributed by atoms with E-state index in [0.29, 0.717) is 6.42 Å². The first kappa shape index (κ1) is 22.9. The summed E-state index contributed by atoms with van der Waals surface area (Å²) in [5.41, 5.74) is 0.874. The van der Waals surface area contributed by atoms with E-state index in [9.17, 15) is 24.3 Å². The molecule has 9 nitrogen and oxygen atoms in total. The highest BCUT2D eigenvalue weighted by atomic mass is 16.7. The van der Waals surface area contributed by atoms with Gasteiger partial charge in [-0.3, -0.25) is 4.90 Å². The number of hydrogen-bond donors (Lipinski definition) is 1. The van der Waals surface area contributed by atoms with Crippen molar-refractivity contribution in [2.45, 2.75) is 45.7 Å². The van der Waals surface area contributed by atoms with Crippen molar-refractivity contribution >= 4 is 24.2 Å². The van der Waals surface area contributed by atoms with Crippen LogP contribution >= 0.6 is 0 Å². The summed E-state index contributed by atoms with van der Waals surface area (Å²) < 4.78 is 14.0. The zero-order valence-corrected chi connectivity index (χ0v) is 16.1. The fraction of sp³-hybridized carbons (Fsp3) is 0.474. The van der Waals surface area contributed by atoms with Crippen LogP contribution in [0.25, 0.3) is 0 Å². The lowest BCUT2D eigenvalue weighted by Crippen LogP contribution is -2.53. The third-order valence-electron chi connectivity index (χ3n) is 3.85. The second-order valence-electron chi connectivity index (χ2n) is 5.76. The van der Waals surface area contributed by atoms with Crippen molar-refractivity contribution in [1.82, 2.24) is 4.90 Å². The van der Waals surface area contributed by atoms with Crippen LogP contribution in [0.15, 0.2) is 30.3 Å². The van der Waals surface area contributed by atoms with E-state index in [-0.39, 0.29) is 19.6 Å². The van der Waals surface area contributed by atoms with E-state index in [0.717, 1.165) is 10.5 Å². The van der Waals surface area contributed by atoms with Gasteiger partial charge in [0.1, 0.15) is 12.1 Å². The topological polar surface area (TPSA) is 119 Å². The van der Waals surface area contributed by atoms with Gasteiger partial charge in [-0.05, 0) is 39.2 Å². The lowest BCUT2D eigenvalue weighted by molar-refractivity contribution is -0.150. The van der Waals surface area contributed by atoms with Crippen LogP contribution in [0.4, 0.5) is 9.59 Å². The second-order valence-corrected chi connectivity index (χ2v) is 5.76. The summed E-state index contributed by atoms with van der Waals surface area (Å²) in [6.45, 7) is 4.33. The number of hydrogen-bond acceptors (Lipinski definition) is 7. The maximum absolute atomic E-state index is 12.4. The van der Waals surface area contributed by atoms with E-state index >= 15 is 0 Å². The number of carboxylic acids is 1. The van der Waals surface area contributed by atoms with E-state index in [2.05, 4.69) is 9.47 Å². The number of nitrogens with zero attached hydrogens (tertiary/aromatic N) is 1. The molecule has 0 aliphatic rings. The van der Waals surface area contributed by atoms with Gasteiger partial charge in [0.15, 0.2) is 0 Å². The van der Waals surface area contributed by atoms with Crippen LogP contribution in [-0.2, 0) is 30.2 Å². The van der Waals surface area contributed by atoms with E-state index in [4.69, 9.17) is 4.74 Å². The smallest absolute Gasteiger partial charge is 0.480 e. The molecule has 0 fully saturated rings. The fourth-order valence-corrected chi connectivity index (χ4v) is 2.51. The molecule has 0 aromatic heterocycles. The minimum atomic E-state index is -1.37. The van der Waals surface area contributed by atoms with E-state index in [1.807, 2.05) is 30.3 Å². The summed E-state index contributed by atoms with van der Waals surface area (Å²) in [6.07, 6.45) is -1.82. The van der Waals surface area contributed by atoms with Crippen LogP contribution in [0.2, 0.25) is 0 Å². The highest BCUT2D eigenvalue weighted by Crippen LogP contribution is 2.17. The Morgan fingerprint density at radius 2 is 1.64 bits per heavy atom. The molecular weight excluding hydrogens is 370 g/mol. The Morgan fingerprint density at radius 3 is 2.18 bits per heavy atom. The Bertz CT molecular complexity index is 676. The van der Waals surface area contributed by atoms with Gasteiger partial charge in [0.2, 0.25) is 0 Å². The number of carbonyl (C=O) groups is 4. The van der Waals surface area contributed by atoms with Crippen LogP contribution in [0, 0.1) is 0 Å². The summed E-state index contributed by atoms with van der Waals surface area (Å²) in [7, 11) is 0. The van der Waals surface area contributed by atoms with Gasteiger partial charge < -0.3 is 19.3 Å². The molecule has 28 heavy (non-hydrogen) atoms. The first-order valence-electron chi connectivity index (χ1n) is 8.92. The quantitative estimate of drug-likeness (QED) is 0.500. The van der Waals surface area contributed by atoms with Gasteiger partial charge in [-0.15, -0.1) is 0 Å². The number of ether oxygens (including phenoxy) is 3. The molecule has 0 radical (unpaired) electrons. The molecule has 0 heterocycles. The molecule has 0 spiro atoms. The van der Waals surface area contributed by atoms with Gasteiger partial charge in [0.05, 0.1) is 13.2 Å². The Balaban J connectivity index is 3.02. The molecule has 0 bridgehead atoms. The maximum atomic E-state index is 12.4. The standard InChI is InChI=1S/C19H25NO8/c1-4-26-18(24)20(13(3)17(23)28-19(25)27-5-2)15(16(21)22)12-11-14-9-7-6-8-10-14/h6-10,13,15H,4-5,11-12H2,1-3H3,(H,21,22)/t13-,15-/m0/s1. The zero-order valence-electron chi connectivity index (χ0n) is 16.1. The van der Waals surface area contributed by atoms with E-state index in [1.54, 1.807) is 6.92 Å². The van der Waals surface area contributed by atoms with Gasteiger partial charge in [0, 0.05) is 0 Å². The largest absolute Gasteiger partial charge is 0.516 e. The number of benzene rings is 1. The predicted octanol–water partition coefficient (Wildman–Crippen LogP) is 2.62. The number of carbonyl (C=O) groups excluding carboxylic acids is 3. The number of rotatable bonds is 9. The maximum Gasteiger partial charge on any atom is 0.516 e. The molecule has 0 saturated carbocycles. The average molecular weight is 395 g/mol. The third kappa shape index (κ3) is 6.90. The molecule has 1 N–H and O–H groups in total. The molecule has 1 amide bonds. The van der Waals surface area contributed by atoms with E-state index < -0.39 is 36.3 Å². The first-order valence-corrected chi connectivity index (χ1v) is 8.92. The van der Waals surface area contributed by atoms with Crippen LogP contribution in [0.3, 0.4) is 0 Å². The molecular formula is C19H25NO8. The number of amides is 1. The molecule has 2 atom stereocenters. The molecule has 0 unspecified atom stereocenters. The van der Waals surface area contributed by atoms with Gasteiger partial charge in [-0.25, -0.2) is 19.2 Å². The lowest BCUT2D eigenvalue weighted by atomic mass is 10.0. The molecule has 1 rings (SSSR count). The van der Waals surface area contributed by atoms with Crippen LogP contribution in [0.1, 0.15) is 32.8 Å². The molecule has 154 valence electrons. The predicted molar refractivity (Wildman–Crippen MR) is 97.6 cm³/mol. The van der Waals surface area contributed by atoms with Gasteiger partial charge >= 0.3 is 24.2 Å². The summed E-state index contributed by atoms with van der Waals surface area (Å²) in [4.78, 5) is 48.6. The van der Waals surface area contributed by atoms with Gasteiger partial charge in [0.25, 0.3) is 0 Å². The van der Waals surface area contributed by atoms with Crippen molar-refractivity contribution in [3.8, 4) is 0 Å². The van der Waals surface area contributed by atoms with Crippen molar-refractivity contribution < 1.29 is 38.5 Å². The summed E-state index contributed by atoms with van der Waals surface area (Å²) in [6, 6.07) is 6.37. The summed E-state index contributed by atoms with van der Waals surface area (Å²) in [5.74, 6) is -2.42. The summed E-state index contributed by atoms with van der Waals surface area (Å²) in [5, 5.41) is 9.64. The Hall–Kier alpha value is -3.10. The van der Waals surface area contributed by atoms with Crippen molar-refractivity contribution in [2.24, 2.45) is 0 Å². The molecule has 1 aromatic carbocycles. The molecule has 0 aliphatic carbocycles. The SMILES string of the molecule is CCOC(=O)OC(=O)[C@H](C)N(C(=O)OCC)[C@@H](CCc1ccccc1)C(=O)O. The average Bonchev–Trinajstić information content (AvgIpc) is 2.65. The number of aliphatic carboxylic acids is 1. The Morgan fingerprint density at radius 1 is 1.04 bits per heavy atom. The minimum Gasteiger partial charge on any atom is -0.480 e. The Labute approximate surface area is 163 Å². The number of aryl methyl sites for hydroxylation is 1. The molecule has 1 aromatic rings. The van der Waals surface area contributed by atoms with Gasteiger partial charge in [-0.1, -0.05) is 30.3 Å². The third-order valence-corrected chi connectivity index (χ3v) is 3.85. The highest BCUT2D eigenvalue weighted by Gasteiger charge is 2.38. The van der Waals surface area contributed by atoms with Crippen molar-refractivity contribution in [3.63, 3.8) is 0 Å². The minimum absolute atomic E-state index is 0.00306. The first-order chi connectivity index (χ1) is 13.3. The van der Waals surface area contributed by atoms with Crippen molar-refractivity contribution in [2.75, 3.05) is 13.2 Å². The molecule has 9 heteroatoms. The van der Waals surface area contributed by atoms with E-state index in [1.165, 1.54) is 13.8 Å². The zero-order chi connectivity index (χ0) is 21.1. The lowest BCUT2D eigenvalue weighted by Gasteiger charge is -2.31. The highest BCUT2D eigenvalue weighted by molar-refractivity contribution is 5.90. The van der Waals surface area contributed by atoms with Crippen LogP contribution in [0.5, 0.6) is 0 Å². The number of esters is 1. The van der Waals surface area contributed by atoms with Crippen LogP contribution in [-0.4, -0.2) is 59.5 Å². The van der Waals surface area contributed by atoms with Crippen molar-refractivity contribution in [3.05, 3.63) is 35.9 Å². The Kier molecular flexibility index (Phi) is 9.49. The van der Waals surface area contributed by atoms with Crippen molar-refractivity contribution in [1.29, 1.82) is 0 Å². The molecule has 0 aliphatic heterocycles. The van der Waals surface area contributed by atoms with Gasteiger partial charge in [-0.2, -0.15) is 0 Å². The summed E-state index contributed by atoms with van der Waals surface area (Å²) >= 11 is 0. The normalized spacial score (nSPS) is 12.4. The molecule has 0 saturated heterocycles. The number of carboxylic acid groups (broad SMARTS) is 1. The fourth-order valence-electron chi connectivity index (χ4n) is 2.51. The second kappa shape index (κ2) is 11.6. The van der Waals surface area contributed by atoms with Crippen LogP contribution < -0.4 is 0 Å². The monoisotopic (exact) mass is 395 g/mol.